The Morgan fingerprint density at radius 3 is 2.45 bits per heavy atom. The number of carbonyl (C=O) groups is 2. The third-order valence-electron chi connectivity index (χ3n) is 1.28. The van der Waals surface area contributed by atoms with Crippen molar-refractivity contribution in [2.75, 3.05) is 13.6 Å². The molecule has 0 rings (SSSR count). The Bertz CT molecular complexity index is 177. The van der Waals surface area contributed by atoms with Gasteiger partial charge in [0, 0.05) is 13.5 Å². The van der Waals surface area contributed by atoms with E-state index in [1.54, 1.807) is 14.0 Å². The van der Waals surface area contributed by atoms with E-state index in [0.717, 1.165) is 0 Å². The van der Waals surface area contributed by atoms with Crippen LogP contribution in [0.2, 0.25) is 0 Å². The normalized spacial score (nSPS) is 8.91. The first kappa shape index (κ1) is 9.81. The molecule has 0 N–H and O–H groups in total. The van der Waals surface area contributed by atoms with E-state index < -0.39 is 0 Å². The molecule has 0 saturated carbocycles. The minimum Gasteiger partial charge on any atom is -0.336 e. The Balaban J connectivity index is 3.86. The Morgan fingerprint density at radius 2 is 2.09 bits per heavy atom. The third-order valence-corrected chi connectivity index (χ3v) is 1.28. The SMILES string of the molecule is C=NC(=O)CN(C)C(=O)CC. The topological polar surface area (TPSA) is 49.7 Å². The van der Waals surface area contributed by atoms with Gasteiger partial charge in [0.15, 0.2) is 0 Å². The molecule has 4 heteroatoms. The molecule has 0 saturated heterocycles. The molecule has 0 aliphatic heterocycles. The van der Waals surface area contributed by atoms with Gasteiger partial charge in [-0.3, -0.25) is 9.59 Å². The van der Waals surface area contributed by atoms with E-state index in [2.05, 4.69) is 11.7 Å². The van der Waals surface area contributed by atoms with Crippen molar-refractivity contribution in [3.05, 3.63) is 0 Å². The molecule has 62 valence electrons. The average molecular weight is 156 g/mol. The van der Waals surface area contributed by atoms with Crippen LogP contribution >= 0.6 is 0 Å². The number of aliphatic imine (C=N–C) groups is 1. The summed E-state index contributed by atoms with van der Waals surface area (Å²) in [7, 11) is 1.56. The van der Waals surface area contributed by atoms with E-state index in [0.29, 0.717) is 6.42 Å². The fourth-order valence-electron chi connectivity index (χ4n) is 0.611. The van der Waals surface area contributed by atoms with Gasteiger partial charge < -0.3 is 4.90 Å². The molecular weight excluding hydrogens is 144 g/mol. The Kier molecular flexibility index (Phi) is 4.10. The number of carbonyl (C=O) groups excluding carboxylic acids is 2. The zero-order valence-electron chi connectivity index (χ0n) is 6.83. The van der Waals surface area contributed by atoms with Gasteiger partial charge in [-0.05, 0) is 6.72 Å². The quantitative estimate of drug-likeness (QED) is 0.543. The van der Waals surface area contributed by atoms with Crippen LogP contribution < -0.4 is 0 Å². The van der Waals surface area contributed by atoms with Crippen LogP contribution in [0.4, 0.5) is 0 Å². The fourth-order valence-corrected chi connectivity index (χ4v) is 0.611. The van der Waals surface area contributed by atoms with Crippen LogP contribution in [0.25, 0.3) is 0 Å². The number of likely N-dealkylation sites (N-methyl/N-ethyl adjacent to an activating group) is 1. The summed E-state index contributed by atoms with van der Waals surface area (Å²) < 4.78 is 0. The highest BCUT2D eigenvalue weighted by Crippen LogP contribution is 1.89. The van der Waals surface area contributed by atoms with Crippen LogP contribution in [0.5, 0.6) is 0 Å². The summed E-state index contributed by atoms with van der Waals surface area (Å²) in [5, 5.41) is 0. The van der Waals surface area contributed by atoms with Crippen LogP contribution in [0.1, 0.15) is 13.3 Å². The Labute approximate surface area is 65.9 Å². The summed E-state index contributed by atoms with van der Waals surface area (Å²) in [5.41, 5.74) is 0. The first-order valence-corrected chi connectivity index (χ1v) is 3.35. The monoisotopic (exact) mass is 156 g/mol. The second-order valence-corrected chi connectivity index (χ2v) is 2.16. The lowest BCUT2D eigenvalue weighted by Gasteiger charge is -2.12. The second kappa shape index (κ2) is 4.60. The van der Waals surface area contributed by atoms with Gasteiger partial charge in [-0.25, -0.2) is 4.99 Å². The van der Waals surface area contributed by atoms with Crippen LogP contribution in [-0.4, -0.2) is 37.0 Å². The molecule has 11 heavy (non-hydrogen) atoms. The maximum atomic E-state index is 10.9. The smallest absolute Gasteiger partial charge is 0.264 e. The Morgan fingerprint density at radius 1 is 1.55 bits per heavy atom. The van der Waals surface area contributed by atoms with Gasteiger partial charge in [0.2, 0.25) is 5.91 Å². The largest absolute Gasteiger partial charge is 0.336 e. The molecule has 0 aromatic heterocycles. The average Bonchev–Trinajstić information content (AvgIpc) is 2.02. The predicted octanol–water partition coefficient (Wildman–Crippen LogP) is 0.0820. The highest BCUT2D eigenvalue weighted by molar-refractivity contribution is 5.86. The number of amides is 2. The number of rotatable bonds is 3. The third kappa shape index (κ3) is 3.50. The van der Waals surface area contributed by atoms with Gasteiger partial charge in [0.05, 0.1) is 0 Å². The van der Waals surface area contributed by atoms with Crippen LogP contribution in [0, 0.1) is 0 Å². The molecule has 0 aliphatic carbocycles. The lowest BCUT2D eigenvalue weighted by atomic mass is 10.4. The minimum atomic E-state index is -0.380. The van der Waals surface area contributed by atoms with Gasteiger partial charge in [0.25, 0.3) is 5.91 Å². The predicted molar refractivity (Wildman–Crippen MR) is 42.5 cm³/mol. The zero-order valence-corrected chi connectivity index (χ0v) is 6.83. The first-order chi connectivity index (χ1) is 5.11. The molecule has 0 radical (unpaired) electrons. The molecular formula is C7H12N2O2. The lowest BCUT2D eigenvalue weighted by Crippen LogP contribution is -2.30. The van der Waals surface area contributed by atoms with Gasteiger partial charge in [-0.15, -0.1) is 0 Å². The molecule has 0 aromatic rings. The Hall–Kier alpha value is -1.19. The highest BCUT2D eigenvalue weighted by Gasteiger charge is 2.08. The fraction of sp³-hybridized carbons (Fsp3) is 0.571. The summed E-state index contributed by atoms with van der Waals surface area (Å²) in [6.07, 6.45) is 0.404. The molecule has 0 aromatic carbocycles. The van der Waals surface area contributed by atoms with E-state index in [9.17, 15) is 9.59 Å². The van der Waals surface area contributed by atoms with Crippen molar-refractivity contribution in [3.8, 4) is 0 Å². The summed E-state index contributed by atoms with van der Waals surface area (Å²) in [6.45, 7) is 4.83. The highest BCUT2D eigenvalue weighted by atomic mass is 16.2. The van der Waals surface area contributed by atoms with Gasteiger partial charge >= 0.3 is 0 Å². The molecule has 4 nitrogen and oxygen atoms in total. The van der Waals surface area contributed by atoms with Crippen LogP contribution in [0.15, 0.2) is 4.99 Å². The van der Waals surface area contributed by atoms with Gasteiger partial charge in [0.1, 0.15) is 6.54 Å². The van der Waals surface area contributed by atoms with Crippen molar-refractivity contribution in [3.63, 3.8) is 0 Å². The van der Waals surface area contributed by atoms with E-state index in [1.807, 2.05) is 0 Å². The van der Waals surface area contributed by atoms with Gasteiger partial charge in [-0.1, -0.05) is 6.92 Å². The van der Waals surface area contributed by atoms with Crippen LogP contribution in [-0.2, 0) is 9.59 Å². The van der Waals surface area contributed by atoms with Crippen LogP contribution in [0.3, 0.4) is 0 Å². The van der Waals surface area contributed by atoms with E-state index in [1.165, 1.54) is 4.90 Å². The first-order valence-electron chi connectivity index (χ1n) is 3.35. The molecule has 0 fully saturated rings. The number of hydrogen-bond acceptors (Lipinski definition) is 2. The van der Waals surface area contributed by atoms with Gasteiger partial charge in [-0.2, -0.15) is 0 Å². The molecule has 0 unspecified atom stereocenters. The molecule has 0 spiro atoms. The number of nitrogens with zero attached hydrogens (tertiary/aromatic N) is 2. The molecule has 0 heterocycles. The van der Waals surface area contributed by atoms with E-state index in [4.69, 9.17) is 0 Å². The molecule has 0 bridgehead atoms. The molecule has 0 atom stereocenters. The molecule has 2 amide bonds. The van der Waals surface area contributed by atoms with Crippen molar-refractivity contribution in [1.29, 1.82) is 0 Å². The second-order valence-electron chi connectivity index (χ2n) is 2.16. The van der Waals surface area contributed by atoms with Crippen molar-refractivity contribution in [2.45, 2.75) is 13.3 Å². The summed E-state index contributed by atoms with van der Waals surface area (Å²) in [4.78, 5) is 26.0. The lowest BCUT2D eigenvalue weighted by molar-refractivity contribution is -0.133. The van der Waals surface area contributed by atoms with Crippen molar-refractivity contribution in [2.24, 2.45) is 4.99 Å². The summed E-state index contributed by atoms with van der Waals surface area (Å²) >= 11 is 0. The van der Waals surface area contributed by atoms with E-state index in [-0.39, 0.29) is 18.4 Å². The standard InChI is InChI=1S/C7H12N2O2/c1-4-7(11)9(3)5-6(10)8-2/h2,4-5H2,1,3H3. The maximum absolute atomic E-state index is 10.9. The van der Waals surface area contributed by atoms with E-state index >= 15 is 0 Å². The van der Waals surface area contributed by atoms with Crippen molar-refractivity contribution in [1.82, 2.24) is 4.90 Å². The van der Waals surface area contributed by atoms with Crippen molar-refractivity contribution >= 4 is 18.5 Å². The number of hydrogen-bond donors (Lipinski definition) is 0. The minimum absolute atomic E-state index is 0.0240. The maximum Gasteiger partial charge on any atom is 0.264 e. The summed E-state index contributed by atoms with van der Waals surface area (Å²) in [6, 6.07) is 0. The zero-order chi connectivity index (χ0) is 8.85. The van der Waals surface area contributed by atoms with Crippen molar-refractivity contribution < 1.29 is 9.59 Å². The summed E-state index contributed by atoms with van der Waals surface area (Å²) in [5.74, 6) is -0.448. The molecule has 0 aliphatic rings.